The van der Waals surface area contributed by atoms with E-state index in [1.807, 2.05) is 42.5 Å². The first-order valence-corrected chi connectivity index (χ1v) is 7.25. The van der Waals surface area contributed by atoms with Gasteiger partial charge >= 0.3 is 5.97 Å². The average Bonchev–Trinajstić information content (AvgIpc) is 2.52. The number of hydrogen-bond donors (Lipinski definition) is 0. The molecule has 1 aromatic heterocycles. The summed E-state index contributed by atoms with van der Waals surface area (Å²) in [7, 11) is 0. The molecule has 0 aliphatic carbocycles. The fourth-order valence-electron chi connectivity index (χ4n) is 2.36. The van der Waals surface area contributed by atoms with E-state index in [4.69, 9.17) is 4.74 Å². The molecule has 0 unspecified atom stereocenters. The third-order valence-electron chi connectivity index (χ3n) is 3.51. The van der Waals surface area contributed by atoms with Crippen molar-refractivity contribution < 1.29 is 9.53 Å². The van der Waals surface area contributed by atoms with E-state index in [0.29, 0.717) is 12.2 Å². The fourth-order valence-corrected chi connectivity index (χ4v) is 2.36. The van der Waals surface area contributed by atoms with Gasteiger partial charge in [-0.2, -0.15) is 0 Å². The molecule has 0 atom stereocenters. The summed E-state index contributed by atoms with van der Waals surface area (Å²) in [5.74, 6) is -0.272. The molecule has 0 bridgehead atoms. The Morgan fingerprint density at radius 3 is 2.76 bits per heavy atom. The Hall–Kier alpha value is -2.42. The molecular weight excluding hydrogens is 262 g/mol. The number of fused-ring (bicyclic) bond motifs is 2. The van der Waals surface area contributed by atoms with Gasteiger partial charge in [-0.25, -0.2) is 9.78 Å². The molecule has 0 saturated carbocycles. The monoisotopic (exact) mass is 279 g/mol. The normalized spacial score (nSPS) is 10.9. The molecule has 1 heterocycles. The molecule has 21 heavy (non-hydrogen) atoms. The number of pyridine rings is 1. The lowest BCUT2D eigenvalue weighted by Gasteiger charge is -2.08. The molecule has 3 aromatic rings. The number of rotatable bonds is 4. The van der Waals surface area contributed by atoms with Crippen LogP contribution in [0.2, 0.25) is 0 Å². The number of esters is 1. The van der Waals surface area contributed by atoms with Crippen LogP contribution in [0.25, 0.3) is 21.8 Å². The third-order valence-corrected chi connectivity index (χ3v) is 3.51. The Bertz CT molecular complexity index is 795. The summed E-state index contributed by atoms with van der Waals surface area (Å²) in [5.41, 5.74) is 2.34. The summed E-state index contributed by atoms with van der Waals surface area (Å²) in [4.78, 5) is 16.8. The van der Waals surface area contributed by atoms with Crippen molar-refractivity contribution >= 4 is 27.8 Å². The standard InChI is InChI=1S/C18H17NO2/c1-2-3-11-21-18(20)14-8-6-10-17-15(14)12-13-7-4-5-9-16(13)19-17/h4-10,12H,2-3,11H2,1H3. The van der Waals surface area contributed by atoms with Crippen molar-refractivity contribution in [3.05, 3.63) is 54.1 Å². The van der Waals surface area contributed by atoms with Gasteiger partial charge in [0.05, 0.1) is 23.2 Å². The van der Waals surface area contributed by atoms with Crippen LogP contribution >= 0.6 is 0 Å². The lowest BCUT2D eigenvalue weighted by molar-refractivity contribution is 0.0502. The number of ether oxygens (including phenoxy) is 1. The van der Waals surface area contributed by atoms with Crippen LogP contribution in [0.4, 0.5) is 0 Å². The van der Waals surface area contributed by atoms with Crippen molar-refractivity contribution in [1.29, 1.82) is 0 Å². The van der Waals surface area contributed by atoms with E-state index in [-0.39, 0.29) is 5.97 Å². The van der Waals surface area contributed by atoms with Gasteiger partial charge in [0.1, 0.15) is 0 Å². The molecule has 0 spiro atoms. The van der Waals surface area contributed by atoms with Crippen molar-refractivity contribution in [3.63, 3.8) is 0 Å². The Morgan fingerprint density at radius 2 is 1.90 bits per heavy atom. The van der Waals surface area contributed by atoms with Gasteiger partial charge in [-0.3, -0.25) is 0 Å². The Kier molecular flexibility index (Phi) is 3.82. The minimum absolute atomic E-state index is 0.272. The molecule has 0 N–H and O–H groups in total. The van der Waals surface area contributed by atoms with Crippen molar-refractivity contribution in [2.45, 2.75) is 19.8 Å². The van der Waals surface area contributed by atoms with Crippen LogP contribution in [0.5, 0.6) is 0 Å². The van der Waals surface area contributed by atoms with Crippen LogP contribution in [0, 0.1) is 0 Å². The molecular formula is C18H17NO2. The van der Waals surface area contributed by atoms with E-state index in [0.717, 1.165) is 34.6 Å². The third kappa shape index (κ3) is 2.72. The topological polar surface area (TPSA) is 39.2 Å². The van der Waals surface area contributed by atoms with Crippen LogP contribution in [0.15, 0.2) is 48.5 Å². The lowest BCUT2D eigenvalue weighted by atomic mass is 10.1. The van der Waals surface area contributed by atoms with Crippen LogP contribution in [-0.2, 0) is 4.74 Å². The maximum absolute atomic E-state index is 12.2. The highest BCUT2D eigenvalue weighted by Crippen LogP contribution is 2.23. The predicted octanol–water partition coefficient (Wildman–Crippen LogP) is 4.34. The van der Waals surface area contributed by atoms with E-state index < -0.39 is 0 Å². The first-order chi connectivity index (χ1) is 10.3. The van der Waals surface area contributed by atoms with Crippen molar-refractivity contribution in [3.8, 4) is 0 Å². The zero-order valence-corrected chi connectivity index (χ0v) is 12.0. The number of carbonyl (C=O) groups excluding carboxylic acids is 1. The Morgan fingerprint density at radius 1 is 1.10 bits per heavy atom. The zero-order valence-electron chi connectivity index (χ0n) is 12.0. The SMILES string of the molecule is CCCCOC(=O)c1cccc2nc3ccccc3cc12. The summed E-state index contributed by atoms with van der Waals surface area (Å²) < 4.78 is 5.32. The maximum Gasteiger partial charge on any atom is 0.338 e. The molecule has 3 nitrogen and oxygen atoms in total. The van der Waals surface area contributed by atoms with Gasteiger partial charge in [-0.05, 0) is 30.7 Å². The first-order valence-electron chi connectivity index (χ1n) is 7.25. The number of para-hydroxylation sites is 1. The second-order valence-electron chi connectivity index (χ2n) is 5.04. The van der Waals surface area contributed by atoms with Crippen molar-refractivity contribution in [2.75, 3.05) is 6.61 Å². The summed E-state index contributed by atoms with van der Waals surface area (Å²) in [6, 6.07) is 15.5. The van der Waals surface area contributed by atoms with Gasteiger partial charge in [-0.1, -0.05) is 37.6 Å². The van der Waals surface area contributed by atoms with Gasteiger partial charge in [0, 0.05) is 10.8 Å². The summed E-state index contributed by atoms with van der Waals surface area (Å²) >= 11 is 0. The zero-order chi connectivity index (χ0) is 14.7. The quantitative estimate of drug-likeness (QED) is 0.405. The summed E-state index contributed by atoms with van der Waals surface area (Å²) in [6.07, 6.45) is 1.90. The molecule has 0 saturated heterocycles. The van der Waals surface area contributed by atoms with E-state index in [1.54, 1.807) is 6.07 Å². The van der Waals surface area contributed by atoms with Crippen LogP contribution in [-0.4, -0.2) is 17.6 Å². The predicted molar refractivity (Wildman–Crippen MR) is 84.4 cm³/mol. The highest BCUT2D eigenvalue weighted by Gasteiger charge is 2.12. The molecule has 2 aromatic carbocycles. The molecule has 0 radical (unpaired) electrons. The molecule has 0 amide bonds. The smallest absolute Gasteiger partial charge is 0.338 e. The van der Waals surface area contributed by atoms with E-state index >= 15 is 0 Å². The van der Waals surface area contributed by atoms with Gasteiger partial charge in [0.25, 0.3) is 0 Å². The molecule has 0 aliphatic rings. The minimum atomic E-state index is -0.272. The van der Waals surface area contributed by atoms with Crippen LogP contribution < -0.4 is 0 Å². The second-order valence-corrected chi connectivity index (χ2v) is 5.04. The number of aromatic nitrogens is 1. The van der Waals surface area contributed by atoms with Crippen molar-refractivity contribution in [2.24, 2.45) is 0 Å². The summed E-state index contributed by atoms with van der Waals surface area (Å²) in [6.45, 7) is 2.54. The molecule has 3 heteroatoms. The van der Waals surface area contributed by atoms with Gasteiger partial charge in [0.15, 0.2) is 0 Å². The number of carbonyl (C=O) groups is 1. The summed E-state index contributed by atoms with van der Waals surface area (Å²) in [5, 5.41) is 1.87. The largest absolute Gasteiger partial charge is 0.462 e. The van der Waals surface area contributed by atoms with Crippen LogP contribution in [0.3, 0.4) is 0 Å². The van der Waals surface area contributed by atoms with Crippen molar-refractivity contribution in [1.82, 2.24) is 4.98 Å². The Labute approximate surface area is 123 Å². The molecule has 106 valence electrons. The first kappa shape index (κ1) is 13.6. The number of unbranched alkanes of at least 4 members (excludes halogenated alkanes) is 1. The molecule has 0 aliphatic heterocycles. The van der Waals surface area contributed by atoms with Gasteiger partial charge < -0.3 is 4.74 Å². The van der Waals surface area contributed by atoms with E-state index in [9.17, 15) is 4.79 Å². The number of benzene rings is 2. The van der Waals surface area contributed by atoms with Gasteiger partial charge in [-0.15, -0.1) is 0 Å². The van der Waals surface area contributed by atoms with E-state index in [2.05, 4.69) is 11.9 Å². The highest BCUT2D eigenvalue weighted by atomic mass is 16.5. The number of hydrogen-bond acceptors (Lipinski definition) is 3. The minimum Gasteiger partial charge on any atom is -0.462 e. The molecule has 3 rings (SSSR count). The van der Waals surface area contributed by atoms with E-state index in [1.165, 1.54) is 0 Å². The fraction of sp³-hybridized carbons (Fsp3) is 0.222. The second kappa shape index (κ2) is 5.92. The van der Waals surface area contributed by atoms with Gasteiger partial charge in [0.2, 0.25) is 0 Å². The highest BCUT2D eigenvalue weighted by molar-refractivity contribution is 6.06. The Balaban J connectivity index is 2.06. The molecule has 0 fully saturated rings. The van der Waals surface area contributed by atoms with Crippen LogP contribution in [0.1, 0.15) is 30.1 Å². The average molecular weight is 279 g/mol. The number of nitrogens with zero attached hydrogens (tertiary/aromatic N) is 1. The lowest BCUT2D eigenvalue weighted by Crippen LogP contribution is -2.07. The maximum atomic E-state index is 12.2.